The van der Waals surface area contributed by atoms with E-state index >= 15 is 0 Å². The lowest BCUT2D eigenvalue weighted by molar-refractivity contribution is -0.121. The van der Waals surface area contributed by atoms with E-state index in [2.05, 4.69) is 17.1 Å². The van der Waals surface area contributed by atoms with Gasteiger partial charge in [0.2, 0.25) is 5.91 Å². The van der Waals surface area contributed by atoms with Crippen LogP contribution in [0.5, 0.6) is 0 Å². The number of rotatable bonds is 6. The first-order valence-corrected chi connectivity index (χ1v) is 6.74. The Bertz CT molecular complexity index is 206. The Labute approximate surface area is 99.6 Å². The Morgan fingerprint density at radius 3 is 2.94 bits per heavy atom. The summed E-state index contributed by atoms with van der Waals surface area (Å²) in [7, 11) is 0. The molecule has 0 aromatic heterocycles. The number of hydrogen-bond acceptors (Lipinski definition) is 2. The quantitative estimate of drug-likeness (QED) is 0.704. The van der Waals surface area contributed by atoms with E-state index < -0.39 is 0 Å². The molecular formula is C13H26N2O. The fourth-order valence-electron chi connectivity index (χ4n) is 2.32. The minimum atomic E-state index is 0.203. The highest BCUT2D eigenvalue weighted by molar-refractivity contribution is 5.75. The Morgan fingerprint density at radius 1 is 1.44 bits per heavy atom. The number of piperidine rings is 1. The summed E-state index contributed by atoms with van der Waals surface area (Å²) in [5, 5.41) is 2.97. The smallest absolute Gasteiger partial charge is 0.219 e. The molecule has 1 saturated heterocycles. The Kier molecular flexibility index (Phi) is 6.46. The minimum absolute atomic E-state index is 0.203. The maximum absolute atomic E-state index is 11.2. The van der Waals surface area contributed by atoms with E-state index in [0.29, 0.717) is 6.42 Å². The maximum Gasteiger partial charge on any atom is 0.219 e. The number of nitrogens with zero attached hydrogens (tertiary/aromatic N) is 1. The van der Waals surface area contributed by atoms with Crippen molar-refractivity contribution in [3.8, 4) is 0 Å². The van der Waals surface area contributed by atoms with Gasteiger partial charge in [-0.2, -0.15) is 0 Å². The third kappa shape index (κ3) is 4.97. The van der Waals surface area contributed by atoms with Crippen molar-refractivity contribution in [2.24, 2.45) is 0 Å². The molecule has 16 heavy (non-hydrogen) atoms. The topological polar surface area (TPSA) is 32.3 Å². The van der Waals surface area contributed by atoms with Gasteiger partial charge in [-0.15, -0.1) is 0 Å². The largest absolute Gasteiger partial charge is 0.356 e. The van der Waals surface area contributed by atoms with Crippen LogP contribution in [-0.2, 0) is 4.79 Å². The molecule has 1 rings (SSSR count). The molecule has 1 heterocycles. The summed E-state index contributed by atoms with van der Waals surface area (Å²) in [4.78, 5) is 13.8. The molecule has 3 nitrogen and oxygen atoms in total. The van der Waals surface area contributed by atoms with Crippen LogP contribution in [0.2, 0.25) is 0 Å². The fraction of sp³-hybridized carbons (Fsp3) is 0.923. The predicted octanol–water partition coefficient (Wildman–Crippen LogP) is 2.17. The second kappa shape index (κ2) is 7.66. The first-order valence-electron chi connectivity index (χ1n) is 6.74. The zero-order valence-corrected chi connectivity index (χ0v) is 10.8. The molecule has 1 amide bonds. The van der Waals surface area contributed by atoms with Crippen LogP contribution in [0.4, 0.5) is 0 Å². The summed E-state index contributed by atoms with van der Waals surface area (Å²) in [5.41, 5.74) is 0. The molecule has 1 atom stereocenters. The van der Waals surface area contributed by atoms with Crippen molar-refractivity contribution in [1.29, 1.82) is 0 Å². The van der Waals surface area contributed by atoms with E-state index in [1.165, 1.54) is 25.8 Å². The number of carbonyl (C=O) groups excluding carboxylic acids is 1. The molecule has 94 valence electrons. The molecule has 0 aromatic rings. The number of amides is 1. The summed E-state index contributed by atoms with van der Waals surface area (Å²) >= 11 is 0. The van der Waals surface area contributed by atoms with Gasteiger partial charge >= 0.3 is 0 Å². The molecule has 1 aliphatic heterocycles. The van der Waals surface area contributed by atoms with Crippen molar-refractivity contribution in [2.75, 3.05) is 19.6 Å². The van der Waals surface area contributed by atoms with Gasteiger partial charge in [0.1, 0.15) is 0 Å². The number of hydrogen-bond donors (Lipinski definition) is 1. The van der Waals surface area contributed by atoms with E-state index in [9.17, 15) is 4.79 Å². The molecule has 1 aliphatic rings. The molecule has 0 radical (unpaired) electrons. The van der Waals surface area contributed by atoms with E-state index in [1.54, 1.807) is 0 Å². The van der Waals surface area contributed by atoms with Crippen molar-refractivity contribution in [3.05, 3.63) is 0 Å². The van der Waals surface area contributed by atoms with E-state index in [-0.39, 0.29) is 5.91 Å². The lowest BCUT2D eigenvalue weighted by Crippen LogP contribution is -2.39. The average Bonchev–Trinajstić information content (AvgIpc) is 2.27. The standard InChI is InChI=1S/C13H26N2O/c1-3-7-13(16)14-9-6-11-15-10-5-4-8-12(15)2/h12H,3-11H2,1-2H3,(H,14,16). The van der Waals surface area contributed by atoms with Gasteiger partial charge in [0.05, 0.1) is 0 Å². The fourth-order valence-corrected chi connectivity index (χ4v) is 2.32. The Hall–Kier alpha value is -0.570. The van der Waals surface area contributed by atoms with Gasteiger partial charge < -0.3 is 10.2 Å². The first kappa shape index (κ1) is 13.5. The summed E-state index contributed by atoms with van der Waals surface area (Å²) in [6.07, 6.45) is 6.74. The maximum atomic E-state index is 11.2. The molecule has 1 fully saturated rings. The number of likely N-dealkylation sites (tertiary alicyclic amines) is 1. The molecule has 0 bridgehead atoms. The Balaban J connectivity index is 2.03. The molecule has 0 aliphatic carbocycles. The second-order valence-electron chi connectivity index (χ2n) is 4.83. The summed E-state index contributed by atoms with van der Waals surface area (Å²) in [6, 6.07) is 0.736. The SMILES string of the molecule is CCCC(=O)NCCCN1CCCCC1C. The number of nitrogens with one attached hydrogen (secondary N) is 1. The Morgan fingerprint density at radius 2 is 2.25 bits per heavy atom. The molecule has 1 N–H and O–H groups in total. The van der Waals surface area contributed by atoms with Gasteiger partial charge in [-0.1, -0.05) is 13.3 Å². The van der Waals surface area contributed by atoms with Crippen LogP contribution in [0.15, 0.2) is 0 Å². The van der Waals surface area contributed by atoms with Gasteiger partial charge in [-0.3, -0.25) is 4.79 Å². The molecular weight excluding hydrogens is 200 g/mol. The lowest BCUT2D eigenvalue weighted by atomic mass is 10.0. The van der Waals surface area contributed by atoms with Crippen LogP contribution in [0.1, 0.15) is 52.4 Å². The molecule has 1 unspecified atom stereocenters. The second-order valence-corrected chi connectivity index (χ2v) is 4.83. The third-order valence-corrected chi connectivity index (χ3v) is 3.36. The van der Waals surface area contributed by atoms with Crippen LogP contribution in [0, 0.1) is 0 Å². The van der Waals surface area contributed by atoms with Gasteiger partial charge in [-0.25, -0.2) is 0 Å². The first-order chi connectivity index (χ1) is 7.74. The lowest BCUT2D eigenvalue weighted by Gasteiger charge is -2.33. The highest BCUT2D eigenvalue weighted by Gasteiger charge is 2.16. The van der Waals surface area contributed by atoms with Crippen LogP contribution >= 0.6 is 0 Å². The van der Waals surface area contributed by atoms with Gasteiger partial charge in [-0.05, 0) is 39.2 Å². The third-order valence-electron chi connectivity index (χ3n) is 3.36. The molecule has 0 spiro atoms. The minimum Gasteiger partial charge on any atom is -0.356 e. The highest BCUT2D eigenvalue weighted by atomic mass is 16.1. The zero-order chi connectivity index (χ0) is 11.8. The van der Waals surface area contributed by atoms with Crippen molar-refractivity contribution in [1.82, 2.24) is 10.2 Å². The number of carbonyl (C=O) groups is 1. The van der Waals surface area contributed by atoms with Gasteiger partial charge in [0.25, 0.3) is 0 Å². The average molecular weight is 226 g/mol. The normalized spacial score (nSPS) is 22.0. The van der Waals surface area contributed by atoms with Crippen molar-refractivity contribution in [2.45, 2.75) is 58.4 Å². The van der Waals surface area contributed by atoms with Crippen LogP contribution in [-0.4, -0.2) is 36.5 Å². The van der Waals surface area contributed by atoms with Gasteiger partial charge in [0.15, 0.2) is 0 Å². The van der Waals surface area contributed by atoms with E-state index in [0.717, 1.165) is 32.0 Å². The van der Waals surface area contributed by atoms with Crippen LogP contribution in [0.25, 0.3) is 0 Å². The van der Waals surface area contributed by atoms with Crippen LogP contribution < -0.4 is 5.32 Å². The van der Waals surface area contributed by atoms with E-state index in [4.69, 9.17) is 0 Å². The molecule has 0 saturated carbocycles. The summed E-state index contributed by atoms with van der Waals surface area (Å²) in [5.74, 6) is 0.203. The summed E-state index contributed by atoms with van der Waals surface area (Å²) < 4.78 is 0. The van der Waals surface area contributed by atoms with Crippen LogP contribution in [0.3, 0.4) is 0 Å². The predicted molar refractivity (Wildman–Crippen MR) is 67.4 cm³/mol. The highest BCUT2D eigenvalue weighted by Crippen LogP contribution is 2.15. The van der Waals surface area contributed by atoms with Crippen molar-refractivity contribution in [3.63, 3.8) is 0 Å². The molecule has 0 aromatic carbocycles. The monoisotopic (exact) mass is 226 g/mol. The van der Waals surface area contributed by atoms with E-state index in [1.807, 2.05) is 6.92 Å². The molecule has 3 heteroatoms. The summed E-state index contributed by atoms with van der Waals surface area (Å²) in [6.45, 7) is 7.56. The zero-order valence-electron chi connectivity index (χ0n) is 10.8. The van der Waals surface area contributed by atoms with Gasteiger partial charge in [0, 0.05) is 25.6 Å². The van der Waals surface area contributed by atoms with Crippen molar-refractivity contribution >= 4 is 5.91 Å². The van der Waals surface area contributed by atoms with Crippen molar-refractivity contribution < 1.29 is 4.79 Å².